The SMILES string of the molecule is Nc1ccc(C(=O)N2CCNCC2)cc1Cl. The van der Waals surface area contributed by atoms with Crippen LogP contribution < -0.4 is 11.1 Å². The minimum Gasteiger partial charge on any atom is -0.398 e. The molecule has 0 spiro atoms. The second-order valence-corrected chi connectivity index (χ2v) is 4.19. The van der Waals surface area contributed by atoms with Gasteiger partial charge in [0.1, 0.15) is 0 Å². The molecule has 1 aromatic carbocycles. The van der Waals surface area contributed by atoms with E-state index in [0.717, 1.165) is 26.2 Å². The highest BCUT2D eigenvalue weighted by Gasteiger charge is 2.18. The molecule has 0 atom stereocenters. The molecular weight excluding hydrogens is 226 g/mol. The van der Waals surface area contributed by atoms with Gasteiger partial charge in [0, 0.05) is 31.7 Å². The van der Waals surface area contributed by atoms with Crippen LogP contribution >= 0.6 is 11.6 Å². The summed E-state index contributed by atoms with van der Waals surface area (Å²) in [4.78, 5) is 13.9. The lowest BCUT2D eigenvalue weighted by Crippen LogP contribution is -2.46. The van der Waals surface area contributed by atoms with Crippen LogP contribution in [-0.2, 0) is 0 Å². The first-order valence-electron chi connectivity index (χ1n) is 5.23. The van der Waals surface area contributed by atoms with Gasteiger partial charge in [-0.05, 0) is 18.2 Å². The Morgan fingerprint density at radius 2 is 2.06 bits per heavy atom. The molecule has 1 fully saturated rings. The van der Waals surface area contributed by atoms with Gasteiger partial charge >= 0.3 is 0 Å². The van der Waals surface area contributed by atoms with Crippen molar-refractivity contribution in [1.29, 1.82) is 0 Å². The standard InChI is InChI=1S/C11H14ClN3O/c12-9-7-8(1-2-10(9)13)11(16)15-5-3-14-4-6-15/h1-2,7,14H,3-6,13H2. The molecule has 1 aliphatic rings. The number of anilines is 1. The van der Waals surface area contributed by atoms with Crippen LogP contribution in [0.15, 0.2) is 18.2 Å². The van der Waals surface area contributed by atoms with Crippen LogP contribution in [0.25, 0.3) is 0 Å². The lowest BCUT2D eigenvalue weighted by Gasteiger charge is -2.27. The van der Waals surface area contributed by atoms with Gasteiger partial charge < -0.3 is 16.0 Å². The number of benzene rings is 1. The Bertz CT molecular complexity index is 402. The number of halogens is 1. The van der Waals surface area contributed by atoms with Crippen molar-refractivity contribution in [3.63, 3.8) is 0 Å². The zero-order valence-electron chi connectivity index (χ0n) is 8.87. The van der Waals surface area contributed by atoms with Crippen LogP contribution in [0, 0.1) is 0 Å². The van der Waals surface area contributed by atoms with E-state index in [4.69, 9.17) is 17.3 Å². The first kappa shape index (κ1) is 11.2. The molecule has 86 valence electrons. The van der Waals surface area contributed by atoms with E-state index in [0.29, 0.717) is 16.3 Å². The van der Waals surface area contributed by atoms with E-state index in [1.54, 1.807) is 18.2 Å². The summed E-state index contributed by atoms with van der Waals surface area (Å²) in [6.45, 7) is 3.16. The number of hydrogen-bond acceptors (Lipinski definition) is 3. The van der Waals surface area contributed by atoms with Crippen molar-refractivity contribution in [2.45, 2.75) is 0 Å². The Hall–Kier alpha value is -1.26. The molecule has 3 N–H and O–H groups in total. The van der Waals surface area contributed by atoms with Crippen LogP contribution in [0.1, 0.15) is 10.4 Å². The number of carbonyl (C=O) groups excluding carboxylic acids is 1. The maximum Gasteiger partial charge on any atom is 0.253 e. The zero-order valence-corrected chi connectivity index (χ0v) is 9.63. The van der Waals surface area contributed by atoms with Crippen LogP contribution in [0.4, 0.5) is 5.69 Å². The number of amides is 1. The van der Waals surface area contributed by atoms with Crippen LogP contribution in [-0.4, -0.2) is 37.0 Å². The average molecular weight is 240 g/mol. The van der Waals surface area contributed by atoms with Gasteiger partial charge in [-0.3, -0.25) is 4.79 Å². The largest absolute Gasteiger partial charge is 0.398 e. The molecule has 0 aliphatic carbocycles. The molecule has 1 aromatic rings. The van der Waals surface area contributed by atoms with Crippen molar-refractivity contribution < 1.29 is 4.79 Å². The maximum absolute atomic E-state index is 12.1. The van der Waals surface area contributed by atoms with Gasteiger partial charge in [0.15, 0.2) is 0 Å². The molecule has 1 amide bonds. The Kier molecular flexibility index (Phi) is 3.31. The summed E-state index contributed by atoms with van der Waals surface area (Å²) in [6, 6.07) is 5.00. The van der Waals surface area contributed by atoms with Crippen molar-refractivity contribution in [3.8, 4) is 0 Å². The molecule has 0 unspecified atom stereocenters. The van der Waals surface area contributed by atoms with E-state index >= 15 is 0 Å². The molecule has 0 bridgehead atoms. The van der Waals surface area contributed by atoms with Gasteiger partial charge in [-0.1, -0.05) is 11.6 Å². The third-order valence-corrected chi connectivity index (χ3v) is 2.98. The van der Waals surface area contributed by atoms with Crippen LogP contribution in [0.2, 0.25) is 5.02 Å². The van der Waals surface area contributed by atoms with E-state index in [2.05, 4.69) is 5.32 Å². The second-order valence-electron chi connectivity index (χ2n) is 3.78. The molecular formula is C11H14ClN3O. The Morgan fingerprint density at radius 1 is 1.38 bits per heavy atom. The fraction of sp³-hybridized carbons (Fsp3) is 0.364. The van der Waals surface area contributed by atoms with E-state index in [-0.39, 0.29) is 5.91 Å². The van der Waals surface area contributed by atoms with Gasteiger partial charge in [-0.25, -0.2) is 0 Å². The third-order valence-electron chi connectivity index (χ3n) is 2.65. The summed E-state index contributed by atoms with van der Waals surface area (Å²) in [5.74, 6) is 0.0170. The predicted molar refractivity (Wildman–Crippen MR) is 64.6 cm³/mol. The number of nitrogens with zero attached hydrogens (tertiary/aromatic N) is 1. The number of piperazine rings is 1. The maximum atomic E-state index is 12.1. The number of rotatable bonds is 1. The van der Waals surface area contributed by atoms with Crippen molar-refractivity contribution in [2.24, 2.45) is 0 Å². The molecule has 1 heterocycles. The molecule has 0 saturated carbocycles. The molecule has 0 aromatic heterocycles. The number of nitrogen functional groups attached to an aromatic ring is 1. The molecule has 0 radical (unpaired) electrons. The molecule has 16 heavy (non-hydrogen) atoms. The highest BCUT2D eigenvalue weighted by atomic mass is 35.5. The third kappa shape index (κ3) is 2.28. The van der Waals surface area contributed by atoms with Gasteiger partial charge in [-0.15, -0.1) is 0 Å². The molecule has 2 rings (SSSR count). The van der Waals surface area contributed by atoms with Crippen molar-refractivity contribution in [2.75, 3.05) is 31.9 Å². The van der Waals surface area contributed by atoms with E-state index < -0.39 is 0 Å². The highest BCUT2D eigenvalue weighted by Crippen LogP contribution is 2.20. The average Bonchev–Trinajstić information content (AvgIpc) is 2.33. The summed E-state index contributed by atoms with van der Waals surface area (Å²) in [5, 5.41) is 3.63. The minimum atomic E-state index is 0.0170. The van der Waals surface area contributed by atoms with E-state index in [1.165, 1.54) is 0 Å². The van der Waals surface area contributed by atoms with Crippen LogP contribution in [0.3, 0.4) is 0 Å². The number of nitrogens with two attached hydrogens (primary N) is 1. The monoisotopic (exact) mass is 239 g/mol. The first-order chi connectivity index (χ1) is 7.68. The summed E-state index contributed by atoms with van der Waals surface area (Å²) in [5.41, 5.74) is 6.70. The summed E-state index contributed by atoms with van der Waals surface area (Å²) in [6.07, 6.45) is 0. The molecule has 1 aliphatic heterocycles. The van der Waals surface area contributed by atoms with Gasteiger partial charge in [0.05, 0.1) is 10.7 Å². The summed E-state index contributed by atoms with van der Waals surface area (Å²) >= 11 is 5.89. The Balaban J connectivity index is 2.16. The number of nitrogens with one attached hydrogen (secondary N) is 1. The van der Waals surface area contributed by atoms with Gasteiger partial charge in [-0.2, -0.15) is 0 Å². The molecule has 4 nitrogen and oxygen atoms in total. The highest BCUT2D eigenvalue weighted by molar-refractivity contribution is 6.33. The van der Waals surface area contributed by atoms with Crippen molar-refractivity contribution in [1.82, 2.24) is 10.2 Å². The lowest BCUT2D eigenvalue weighted by atomic mass is 10.1. The predicted octanol–water partition coefficient (Wildman–Crippen LogP) is 0.968. The smallest absolute Gasteiger partial charge is 0.253 e. The van der Waals surface area contributed by atoms with Crippen molar-refractivity contribution in [3.05, 3.63) is 28.8 Å². The van der Waals surface area contributed by atoms with E-state index in [1.807, 2.05) is 4.90 Å². The minimum absolute atomic E-state index is 0.0170. The van der Waals surface area contributed by atoms with E-state index in [9.17, 15) is 4.79 Å². The fourth-order valence-corrected chi connectivity index (χ4v) is 1.89. The second kappa shape index (κ2) is 4.72. The Morgan fingerprint density at radius 3 is 2.69 bits per heavy atom. The van der Waals surface area contributed by atoms with Crippen molar-refractivity contribution >= 4 is 23.2 Å². The first-order valence-corrected chi connectivity index (χ1v) is 5.61. The van der Waals surface area contributed by atoms with Gasteiger partial charge in [0.25, 0.3) is 5.91 Å². The summed E-state index contributed by atoms with van der Waals surface area (Å²) < 4.78 is 0. The zero-order chi connectivity index (χ0) is 11.5. The normalized spacial score (nSPS) is 16.2. The quantitative estimate of drug-likeness (QED) is 0.718. The molecule has 5 heteroatoms. The van der Waals surface area contributed by atoms with Gasteiger partial charge in [0.2, 0.25) is 0 Å². The van der Waals surface area contributed by atoms with Crippen LogP contribution in [0.5, 0.6) is 0 Å². The number of carbonyl (C=O) groups is 1. The fourth-order valence-electron chi connectivity index (χ4n) is 1.71. The topological polar surface area (TPSA) is 58.4 Å². The summed E-state index contributed by atoms with van der Waals surface area (Å²) in [7, 11) is 0. The number of hydrogen-bond donors (Lipinski definition) is 2. The molecule has 1 saturated heterocycles. The Labute approximate surface area is 99.4 Å². The lowest BCUT2D eigenvalue weighted by molar-refractivity contribution is 0.0736.